The van der Waals surface area contributed by atoms with Crippen LogP contribution in [0.5, 0.6) is 0 Å². The van der Waals surface area contributed by atoms with Crippen molar-refractivity contribution >= 4 is 21.9 Å². The van der Waals surface area contributed by atoms with Crippen LogP contribution >= 0.6 is 15.9 Å². The summed E-state index contributed by atoms with van der Waals surface area (Å²) in [5.41, 5.74) is 1.34. The number of rotatable bonds is 4. The molecule has 5 nitrogen and oxygen atoms in total. The first-order valence-corrected chi connectivity index (χ1v) is 6.96. The monoisotopic (exact) mass is 339 g/mol. The van der Waals surface area contributed by atoms with Crippen LogP contribution in [0.3, 0.4) is 0 Å². The van der Waals surface area contributed by atoms with Gasteiger partial charge in [0.05, 0.1) is 16.7 Å². The van der Waals surface area contributed by atoms with Gasteiger partial charge < -0.3 is 5.11 Å². The average Bonchev–Trinajstić information content (AvgIpc) is 3.16. The number of hydrogen-bond acceptors (Lipinski definition) is 3. The lowest BCUT2D eigenvalue weighted by atomic mass is 10.2. The van der Waals surface area contributed by atoms with E-state index in [1.165, 1.54) is 6.07 Å². The molecule has 1 aromatic carbocycles. The van der Waals surface area contributed by atoms with Crippen molar-refractivity contribution in [2.24, 2.45) is 0 Å². The fourth-order valence-corrected chi connectivity index (χ4v) is 2.57. The van der Waals surface area contributed by atoms with Gasteiger partial charge in [-0.3, -0.25) is 0 Å². The van der Waals surface area contributed by atoms with Crippen molar-refractivity contribution in [3.8, 4) is 0 Å². The number of halogens is 2. The lowest BCUT2D eigenvalue weighted by Crippen LogP contribution is -2.09. The molecule has 0 spiro atoms. The molecular formula is C13H11BrFN3O2. The molecule has 0 aliphatic heterocycles. The van der Waals surface area contributed by atoms with Crippen molar-refractivity contribution in [2.45, 2.75) is 25.3 Å². The Morgan fingerprint density at radius 2 is 2.25 bits per heavy atom. The fraction of sp³-hybridized carbons (Fsp3) is 0.308. The van der Waals surface area contributed by atoms with Gasteiger partial charge in [-0.2, -0.15) is 0 Å². The summed E-state index contributed by atoms with van der Waals surface area (Å²) in [4.78, 5) is 11.2. The van der Waals surface area contributed by atoms with Gasteiger partial charge in [-0.1, -0.05) is 17.3 Å². The summed E-state index contributed by atoms with van der Waals surface area (Å²) in [6, 6.07) is 4.74. The maximum absolute atomic E-state index is 13.5. The molecule has 0 radical (unpaired) electrons. The van der Waals surface area contributed by atoms with Gasteiger partial charge in [-0.15, -0.1) is 5.10 Å². The molecule has 0 atom stereocenters. The molecule has 0 unspecified atom stereocenters. The average molecular weight is 340 g/mol. The van der Waals surface area contributed by atoms with Crippen molar-refractivity contribution in [3.05, 3.63) is 45.4 Å². The van der Waals surface area contributed by atoms with E-state index in [2.05, 4.69) is 26.2 Å². The molecule has 1 fully saturated rings. The van der Waals surface area contributed by atoms with Gasteiger partial charge in [0.2, 0.25) is 0 Å². The van der Waals surface area contributed by atoms with Gasteiger partial charge in [0.15, 0.2) is 5.69 Å². The third-order valence-corrected chi connectivity index (χ3v) is 4.18. The normalized spacial score (nSPS) is 14.5. The van der Waals surface area contributed by atoms with Gasteiger partial charge in [0.25, 0.3) is 0 Å². The van der Waals surface area contributed by atoms with E-state index in [0.717, 1.165) is 12.8 Å². The van der Waals surface area contributed by atoms with Crippen LogP contribution in [0, 0.1) is 5.82 Å². The van der Waals surface area contributed by atoms with Crippen LogP contribution in [-0.2, 0) is 6.54 Å². The highest BCUT2D eigenvalue weighted by Gasteiger charge is 2.33. The van der Waals surface area contributed by atoms with E-state index in [-0.39, 0.29) is 17.4 Å². The summed E-state index contributed by atoms with van der Waals surface area (Å²) >= 11 is 3.20. The lowest BCUT2D eigenvalue weighted by Gasteiger charge is -2.08. The Hall–Kier alpha value is -1.76. The second-order valence-corrected chi connectivity index (χ2v) is 5.57. The minimum Gasteiger partial charge on any atom is -0.476 e. The molecular weight excluding hydrogens is 329 g/mol. The van der Waals surface area contributed by atoms with Crippen LogP contribution < -0.4 is 0 Å². The van der Waals surface area contributed by atoms with Crippen LogP contribution in [0.15, 0.2) is 22.7 Å². The van der Waals surface area contributed by atoms with Gasteiger partial charge in [-0.05, 0) is 40.4 Å². The van der Waals surface area contributed by atoms with Crippen LogP contribution in [0.4, 0.5) is 4.39 Å². The topological polar surface area (TPSA) is 68.0 Å². The van der Waals surface area contributed by atoms with E-state index < -0.39 is 5.97 Å². The zero-order valence-corrected chi connectivity index (χ0v) is 12.0. The molecule has 3 rings (SSSR count). The number of benzene rings is 1. The standard InChI is InChI=1S/C13H11BrFN3O2/c14-10-8(2-1-3-9(10)15)6-18-12(7-4-5-7)11(13(19)20)16-17-18/h1-3,7H,4-6H2,(H,19,20). The number of nitrogens with zero attached hydrogens (tertiary/aromatic N) is 3. The van der Waals surface area contributed by atoms with E-state index in [1.54, 1.807) is 16.8 Å². The van der Waals surface area contributed by atoms with Gasteiger partial charge in [0, 0.05) is 5.92 Å². The molecule has 20 heavy (non-hydrogen) atoms. The molecule has 1 N–H and O–H groups in total. The Bertz CT molecular complexity index is 682. The Balaban J connectivity index is 1.99. The highest BCUT2D eigenvalue weighted by Crippen LogP contribution is 2.41. The Labute approximate surface area is 122 Å². The molecule has 1 aliphatic rings. The smallest absolute Gasteiger partial charge is 0.358 e. The number of carboxylic acids is 1. The highest BCUT2D eigenvalue weighted by atomic mass is 79.9. The third-order valence-electron chi connectivity index (χ3n) is 3.29. The first-order valence-electron chi connectivity index (χ1n) is 6.17. The number of aromatic carboxylic acids is 1. The second-order valence-electron chi connectivity index (χ2n) is 4.77. The number of carbonyl (C=O) groups is 1. The first-order chi connectivity index (χ1) is 9.58. The number of hydrogen-bond donors (Lipinski definition) is 1. The minimum absolute atomic E-state index is 0.0000236. The minimum atomic E-state index is -1.07. The van der Waals surface area contributed by atoms with Crippen molar-refractivity contribution in [1.82, 2.24) is 15.0 Å². The Morgan fingerprint density at radius 1 is 1.50 bits per heavy atom. The quantitative estimate of drug-likeness (QED) is 0.929. The summed E-state index contributed by atoms with van der Waals surface area (Å²) in [6.07, 6.45) is 1.88. The van der Waals surface area contributed by atoms with Gasteiger partial charge in [0.1, 0.15) is 5.82 Å². The zero-order chi connectivity index (χ0) is 14.3. The zero-order valence-electron chi connectivity index (χ0n) is 10.4. The molecule has 1 saturated carbocycles. The van der Waals surface area contributed by atoms with Crippen LogP contribution in [0.1, 0.15) is 40.5 Å². The van der Waals surface area contributed by atoms with Crippen molar-refractivity contribution < 1.29 is 14.3 Å². The molecule has 104 valence electrons. The molecule has 1 aromatic heterocycles. The predicted octanol–water partition coefficient (Wildman–Crippen LogP) is 2.80. The van der Waals surface area contributed by atoms with Crippen LogP contribution in [-0.4, -0.2) is 26.1 Å². The van der Waals surface area contributed by atoms with E-state index >= 15 is 0 Å². The predicted molar refractivity (Wildman–Crippen MR) is 72.2 cm³/mol. The van der Waals surface area contributed by atoms with Crippen molar-refractivity contribution in [2.75, 3.05) is 0 Å². The molecule has 0 bridgehead atoms. The summed E-state index contributed by atoms with van der Waals surface area (Å²) < 4.78 is 15.4. The summed E-state index contributed by atoms with van der Waals surface area (Å²) in [5, 5.41) is 16.8. The maximum Gasteiger partial charge on any atom is 0.358 e. The van der Waals surface area contributed by atoms with Crippen molar-refractivity contribution in [1.29, 1.82) is 0 Å². The van der Waals surface area contributed by atoms with Gasteiger partial charge in [-0.25, -0.2) is 13.9 Å². The highest BCUT2D eigenvalue weighted by molar-refractivity contribution is 9.10. The molecule has 7 heteroatoms. The molecule has 2 aromatic rings. The summed E-state index contributed by atoms with van der Waals surface area (Å²) in [5.74, 6) is -1.23. The Kier molecular flexibility index (Phi) is 3.29. The van der Waals surface area contributed by atoms with Crippen LogP contribution in [0.25, 0.3) is 0 Å². The van der Waals surface area contributed by atoms with Crippen molar-refractivity contribution in [3.63, 3.8) is 0 Å². The maximum atomic E-state index is 13.5. The number of carboxylic acid groups (broad SMARTS) is 1. The molecule has 1 heterocycles. The third kappa shape index (κ3) is 2.33. The van der Waals surface area contributed by atoms with E-state index in [9.17, 15) is 9.18 Å². The van der Waals surface area contributed by atoms with E-state index in [4.69, 9.17) is 5.11 Å². The second kappa shape index (κ2) is 4.97. The van der Waals surface area contributed by atoms with Crippen LogP contribution in [0.2, 0.25) is 0 Å². The molecule has 0 saturated heterocycles. The fourth-order valence-electron chi connectivity index (χ4n) is 2.18. The van der Waals surface area contributed by atoms with Gasteiger partial charge >= 0.3 is 5.97 Å². The molecule has 0 amide bonds. The number of aromatic nitrogens is 3. The SMILES string of the molecule is O=C(O)c1nnn(Cc2cccc(F)c2Br)c1C1CC1. The van der Waals surface area contributed by atoms with E-state index in [0.29, 0.717) is 22.3 Å². The summed E-state index contributed by atoms with van der Waals surface area (Å²) in [6.45, 7) is 0.296. The largest absolute Gasteiger partial charge is 0.476 e. The molecule has 1 aliphatic carbocycles. The van der Waals surface area contributed by atoms with E-state index in [1.807, 2.05) is 0 Å². The first kappa shape index (κ1) is 13.2. The Morgan fingerprint density at radius 3 is 2.90 bits per heavy atom. The summed E-state index contributed by atoms with van der Waals surface area (Å²) in [7, 11) is 0. The lowest BCUT2D eigenvalue weighted by molar-refractivity contribution is 0.0689.